The molecule has 1 heterocycles. The molecule has 2 N–H and O–H groups in total. The summed E-state index contributed by atoms with van der Waals surface area (Å²) in [6.07, 6.45) is 2.03. The van der Waals surface area contributed by atoms with Gasteiger partial charge in [0.25, 0.3) is 5.91 Å². The molecule has 2 aromatic rings. The van der Waals surface area contributed by atoms with E-state index >= 15 is 0 Å². The number of unbranched alkanes of at least 4 members (excludes halogenated alkanes) is 1. The van der Waals surface area contributed by atoms with Crippen molar-refractivity contribution < 1.29 is 4.79 Å². The zero-order valence-electron chi connectivity index (χ0n) is 13.6. The number of nitrogens with zero attached hydrogens (tertiary/aromatic N) is 2. The van der Waals surface area contributed by atoms with Gasteiger partial charge in [-0.3, -0.25) is 4.79 Å². The maximum absolute atomic E-state index is 12.3. The number of hydrogen-bond acceptors (Lipinski definition) is 4. The molecule has 120 valence electrons. The van der Waals surface area contributed by atoms with Gasteiger partial charge in [-0.1, -0.05) is 24.3 Å². The molecule has 0 aromatic heterocycles. The molecule has 3 rings (SSSR count). The minimum absolute atomic E-state index is 0.152. The van der Waals surface area contributed by atoms with Crippen LogP contribution in [0.4, 0.5) is 11.4 Å². The maximum atomic E-state index is 12.3. The largest absolute Gasteiger partial charge is 0.349 e. The van der Waals surface area contributed by atoms with E-state index in [4.69, 9.17) is 0 Å². The number of carbonyl (C=O) groups excluding carboxylic acids is 1. The Balaban J connectivity index is 1.66. The molecule has 1 aliphatic rings. The fraction of sp³-hybridized carbons (Fsp3) is 0.333. The minimum Gasteiger partial charge on any atom is -0.349 e. The standard InChI is InChI=1S/C18H22N4O/c1-22(2)12-4-3-11-19-18(23)17-20-14-9-5-7-13-8-6-10-15(21-17)16(13)14/h5-10H,3-4,11-12H2,1-2H3,(H,19,23)(H,20,21). The summed E-state index contributed by atoms with van der Waals surface area (Å²) in [7, 11) is 4.11. The molecule has 5 heteroatoms. The first-order valence-corrected chi connectivity index (χ1v) is 7.95. The molecule has 0 radical (unpaired) electrons. The second-order valence-corrected chi connectivity index (χ2v) is 6.03. The van der Waals surface area contributed by atoms with E-state index in [0.29, 0.717) is 12.4 Å². The molecule has 0 aliphatic carbocycles. The number of nitrogens with one attached hydrogen (secondary N) is 2. The van der Waals surface area contributed by atoms with Gasteiger partial charge in [0.05, 0.1) is 5.69 Å². The van der Waals surface area contributed by atoms with Crippen LogP contribution in [-0.4, -0.2) is 43.8 Å². The molecule has 23 heavy (non-hydrogen) atoms. The summed E-state index contributed by atoms with van der Waals surface area (Å²) in [5, 5.41) is 8.28. The molecular formula is C18H22N4O. The molecule has 0 unspecified atom stereocenters. The van der Waals surface area contributed by atoms with Gasteiger partial charge in [0.1, 0.15) is 0 Å². The smallest absolute Gasteiger partial charge is 0.287 e. The Kier molecular flexibility index (Phi) is 4.57. The lowest BCUT2D eigenvalue weighted by molar-refractivity contribution is -0.114. The van der Waals surface area contributed by atoms with Crippen LogP contribution in [0.1, 0.15) is 12.8 Å². The van der Waals surface area contributed by atoms with E-state index < -0.39 is 0 Å². The van der Waals surface area contributed by atoms with Crippen molar-refractivity contribution in [3.8, 4) is 0 Å². The topological polar surface area (TPSA) is 56.7 Å². The van der Waals surface area contributed by atoms with E-state index in [-0.39, 0.29) is 5.91 Å². The van der Waals surface area contributed by atoms with Crippen LogP contribution >= 0.6 is 0 Å². The highest BCUT2D eigenvalue weighted by Crippen LogP contribution is 2.35. The number of benzene rings is 2. The van der Waals surface area contributed by atoms with Crippen molar-refractivity contribution in [1.82, 2.24) is 10.2 Å². The summed E-state index contributed by atoms with van der Waals surface area (Å²) in [5.74, 6) is 0.213. The van der Waals surface area contributed by atoms with Crippen LogP contribution in [0.5, 0.6) is 0 Å². The Bertz CT molecular complexity index is 747. The van der Waals surface area contributed by atoms with Crippen molar-refractivity contribution in [2.24, 2.45) is 4.99 Å². The van der Waals surface area contributed by atoms with E-state index in [2.05, 4.69) is 46.8 Å². The summed E-state index contributed by atoms with van der Waals surface area (Å²) < 4.78 is 0. The van der Waals surface area contributed by atoms with Crippen LogP contribution in [0.25, 0.3) is 10.8 Å². The third kappa shape index (κ3) is 3.51. The maximum Gasteiger partial charge on any atom is 0.287 e. The van der Waals surface area contributed by atoms with Crippen LogP contribution in [-0.2, 0) is 4.79 Å². The highest BCUT2D eigenvalue weighted by molar-refractivity contribution is 6.44. The average Bonchev–Trinajstić information content (AvgIpc) is 2.54. The summed E-state index contributed by atoms with van der Waals surface area (Å²) in [4.78, 5) is 18.9. The van der Waals surface area contributed by atoms with E-state index in [1.165, 1.54) is 0 Å². The van der Waals surface area contributed by atoms with Gasteiger partial charge in [-0.2, -0.15) is 0 Å². The lowest BCUT2D eigenvalue weighted by Crippen LogP contribution is -2.37. The number of amides is 1. The summed E-state index contributed by atoms with van der Waals surface area (Å²) in [6, 6.07) is 12.0. The van der Waals surface area contributed by atoms with Gasteiger partial charge >= 0.3 is 0 Å². The van der Waals surface area contributed by atoms with E-state index in [1.807, 2.05) is 24.3 Å². The molecule has 5 nitrogen and oxygen atoms in total. The fourth-order valence-electron chi connectivity index (χ4n) is 2.74. The summed E-state index contributed by atoms with van der Waals surface area (Å²) in [6.45, 7) is 1.70. The van der Waals surface area contributed by atoms with Crippen molar-refractivity contribution in [3.63, 3.8) is 0 Å². The van der Waals surface area contributed by atoms with Crippen molar-refractivity contribution >= 4 is 33.9 Å². The SMILES string of the molecule is CN(C)CCCCNC(=O)C1=Nc2cccc3cccc(c23)N1. The van der Waals surface area contributed by atoms with Crippen LogP contribution in [0, 0.1) is 0 Å². The molecular weight excluding hydrogens is 288 g/mol. The third-order valence-electron chi connectivity index (χ3n) is 3.90. The van der Waals surface area contributed by atoms with Crippen LogP contribution in [0.15, 0.2) is 41.4 Å². The van der Waals surface area contributed by atoms with Crippen LogP contribution in [0.3, 0.4) is 0 Å². The number of rotatable bonds is 6. The first kappa shape index (κ1) is 15.5. The van der Waals surface area contributed by atoms with E-state index in [1.54, 1.807) is 0 Å². The van der Waals surface area contributed by atoms with Crippen LogP contribution < -0.4 is 10.6 Å². The summed E-state index contributed by atoms with van der Waals surface area (Å²) >= 11 is 0. The van der Waals surface area contributed by atoms with Gasteiger partial charge in [0, 0.05) is 17.6 Å². The van der Waals surface area contributed by atoms with E-state index in [9.17, 15) is 4.79 Å². The van der Waals surface area contributed by atoms with Crippen molar-refractivity contribution in [2.45, 2.75) is 12.8 Å². The minimum atomic E-state index is -0.152. The monoisotopic (exact) mass is 310 g/mol. The van der Waals surface area contributed by atoms with Gasteiger partial charge in [-0.15, -0.1) is 0 Å². The quantitative estimate of drug-likeness (QED) is 0.807. The van der Waals surface area contributed by atoms with Gasteiger partial charge in [-0.25, -0.2) is 4.99 Å². The number of aliphatic imine (C=N–C) groups is 1. The first-order chi connectivity index (χ1) is 11.1. The Labute approximate surface area is 136 Å². The highest BCUT2D eigenvalue weighted by atomic mass is 16.2. The van der Waals surface area contributed by atoms with E-state index in [0.717, 1.165) is 41.5 Å². The normalized spacial score (nSPS) is 12.9. The molecule has 0 bridgehead atoms. The number of anilines is 1. The number of amidine groups is 1. The Morgan fingerprint density at radius 2 is 1.96 bits per heavy atom. The number of carbonyl (C=O) groups is 1. The Hall–Kier alpha value is -2.40. The molecule has 0 fully saturated rings. The van der Waals surface area contributed by atoms with Gasteiger partial charge in [0.2, 0.25) is 0 Å². The van der Waals surface area contributed by atoms with Crippen LogP contribution in [0.2, 0.25) is 0 Å². The molecule has 1 aliphatic heterocycles. The Morgan fingerprint density at radius 3 is 2.74 bits per heavy atom. The highest BCUT2D eigenvalue weighted by Gasteiger charge is 2.18. The van der Waals surface area contributed by atoms with Gasteiger partial charge in [-0.05, 0) is 51.0 Å². The molecule has 1 amide bonds. The predicted octanol–water partition coefficient (Wildman–Crippen LogP) is 2.75. The predicted molar refractivity (Wildman–Crippen MR) is 95.5 cm³/mol. The molecule has 0 saturated heterocycles. The zero-order chi connectivity index (χ0) is 16.2. The third-order valence-corrected chi connectivity index (χ3v) is 3.90. The molecule has 0 atom stereocenters. The van der Waals surface area contributed by atoms with Crippen molar-refractivity contribution in [1.29, 1.82) is 0 Å². The van der Waals surface area contributed by atoms with Gasteiger partial charge in [0.15, 0.2) is 5.84 Å². The molecule has 0 saturated carbocycles. The first-order valence-electron chi connectivity index (χ1n) is 7.95. The van der Waals surface area contributed by atoms with Crippen molar-refractivity contribution in [2.75, 3.05) is 32.5 Å². The number of hydrogen-bond donors (Lipinski definition) is 2. The van der Waals surface area contributed by atoms with Gasteiger partial charge < -0.3 is 15.5 Å². The lowest BCUT2D eigenvalue weighted by Gasteiger charge is -2.18. The fourth-order valence-corrected chi connectivity index (χ4v) is 2.74. The Morgan fingerprint density at radius 1 is 1.17 bits per heavy atom. The van der Waals surface area contributed by atoms with Crippen molar-refractivity contribution in [3.05, 3.63) is 36.4 Å². The lowest BCUT2D eigenvalue weighted by atomic mass is 10.1. The second-order valence-electron chi connectivity index (χ2n) is 6.03. The molecule has 0 spiro atoms. The second kappa shape index (κ2) is 6.79. The molecule has 2 aromatic carbocycles. The average molecular weight is 310 g/mol. The zero-order valence-corrected chi connectivity index (χ0v) is 13.6. The summed E-state index contributed by atoms with van der Waals surface area (Å²) in [5.41, 5.74) is 1.78.